The molecule has 0 aliphatic carbocycles. The first kappa shape index (κ1) is 20.7. The molecule has 1 aliphatic heterocycles. The van der Waals surface area contributed by atoms with Gasteiger partial charge in [0.25, 0.3) is 5.91 Å². The summed E-state index contributed by atoms with van der Waals surface area (Å²) in [5.74, 6) is 0.0318. The molecule has 0 spiro atoms. The Morgan fingerprint density at radius 1 is 1.07 bits per heavy atom. The predicted octanol–water partition coefficient (Wildman–Crippen LogP) is 3.59. The fourth-order valence-electron chi connectivity index (χ4n) is 3.32. The van der Waals surface area contributed by atoms with Gasteiger partial charge < -0.3 is 14.5 Å². The molecule has 2 aromatic rings. The Hall–Kier alpha value is -3.03. The van der Waals surface area contributed by atoms with E-state index in [4.69, 9.17) is 4.74 Å². The summed E-state index contributed by atoms with van der Waals surface area (Å²) in [6.45, 7) is 0.485. The zero-order valence-corrected chi connectivity index (χ0v) is 15.9. The van der Waals surface area contributed by atoms with Gasteiger partial charge in [0.15, 0.2) is 0 Å². The summed E-state index contributed by atoms with van der Waals surface area (Å²) < 4.78 is 44.8. The number of methoxy groups -OCH3 is 1. The lowest BCUT2D eigenvalue weighted by Crippen LogP contribution is -2.36. The van der Waals surface area contributed by atoms with Gasteiger partial charge in [-0.25, -0.2) is 0 Å². The van der Waals surface area contributed by atoms with Gasteiger partial charge in [0, 0.05) is 38.2 Å². The van der Waals surface area contributed by atoms with Crippen LogP contribution in [-0.2, 0) is 17.5 Å². The highest BCUT2D eigenvalue weighted by atomic mass is 19.4. The molecule has 3 rings (SSSR count). The SMILES string of the molecule is COc1cccc(C(=O)N2CCC(=O)N(Cc3ccccc3C(F)(F)F)CC2)c1. The largest absolute Gasteiger partial charge is 0.497 e. The highest BCUT2D eigenvalue weighted by molar-refractivity contribution is 5.95. The molecule has 1 saturated heterocycles. The van der Waals surface area contributed by atoms with Crippen LogP contribution >= 0.6 is 0 Å². The zero-order chi connectivity index (χ0) is 21.0. The van der Waals surface area contributed by atoms with E-state index in [1.807, 2.05) is 0 Å². The lowest BCUT2D eigenvalue weighted by molar-refractivity contribution is -0.139. The molecule has 1 heterocycles. The summed E-state index contributed by atoms with van der Waals surface area (Å²) in [4.78, 5) is 28.2. The maximum absolute atomic E-state index is 13.2. The Kier molecular flexibility index (Phi) is 6.10. The third-order valence-electron chi connectivity index (χ3n) is 4.88. The van der Waals surface area contributed by atoms with E-state index in [2.05, 4.69) is 0 Å². The number of rotatable bonds is 4. The van der Waals surface area contributed by atoms with Crippen LogP contribution in [0.2, 0.25) is 0 Å². The molecule has 1 fully saturated rings. The van der Waals surface area contributed by atoms with E-state index in [-0.39, 0.29) is 50.0 Å². The summed E-state index contributed by atoms with van der Waals surface area (Å²) in [5.41, 5.74) is -0.269. The number of ether oxygens (including phenoxy) is 1. The minimum atomic E-state index is -4.49. The van der Waals surface area contributed by atoms with Gasteiger partial charge in [-0.3, -0.25) is 9.59 Å². The molecular weight excluding hydrogens is 385 g/mol. The van der Waals surface area contributed by atoms with E-state index in [9.17, 15) is 22.8 Å². The van der Waals surface area contributed by atoms with Crippen molar-refractivity contribution in [3.8, 4) is 5.75 Å². The molecule has 0 atom stereocenters. The average Bonchev–Trinajstić information content (AvgIpc) is 2.89. The molecule has 29 heavy (non-hydrogen) atoms. The number of carbonyl (C=O) groups excluding carboxylic acids is 2. The number of hydrogen-bond donors (Lipinski definition) is 0. The minimum Gasteiger partial charge on any atom is -0.497 e. The molecule has 0 radical (unpaired) electrons. The van der Waals surface area contributed by atoms with Gasteiger partial charge in [0.05, 0.1) is 12.7 Å². The van der Waals surface area contributed by atoms with Crippen molar-refractivity contribution in [1.82, 2.24) is 9.80 Å². The molecule has 0 N–H and O–H groups in total. The van der Waals surface area contributed by atoms with E-state index in [0.29, 0.717) is 11.3 Å². The normalized spacial score (nSPS) is 15.2. The summed E-state index contributed by atoms with van der Waals surface area (Å²) >= 11 is 0. The molecular formula is C21H21F3N2O3. The van der Waals surface area contributed by atoms with Gasteiger partial charge in [-0.05, 0) is 29.8 Å². The van der Waals surface area contributed by atoms with Gasteiger partial charge in [0.1, 0.15) is 5.75 Å². The van der Waals surface area contributed by atoms with Gasteiger partial charge in [-0.2, -0.15) is 13.2 Å². The number of carbonyl (C=O) groups is 2. The fraction of sp³-hybridized carbons (Fsp3) is 0.333. The standard InChI is InChI=1S/C21H21F3N2O3/c1-29-17-7-4-6-15(13-17)20(28)25-10-9-19(27)26(12-11-25)14-16-5-2-3-8-18(16)21(22,23)24/h2-8,13H,9-12,14H2,1H3. The number of halogens is 3. The van der Waals surface area contributed by atoms with Gasteiger partial charge in [-0.15, -0.1) is 0 Å². The van der Waals surface area contributed by atoms with Crippen LogP contribution < -0.4 is 4.74 Å². The summed E-state index contributed by atoms with van der Waals surface area (Å²) in [5, 5.41) is 0. The quantitative estimate of drug-likeness (QED) is 0.780. The van der Waals surface area contributed by atoms with Crippen LogP contribution in [-0.4, -0.2) is 48.4 Å². The Morgan fingerprint density at radius 2 is 1.83 bits per heavy atom. The van der Waals surface area contributed by atoms with Crippen LogP contribution in [0.5, 0.6) is 5.75 Å². The highest BCUT2D eigenvalue weighted by Gasteiger charge is 2.34. The Balaban J connectivity index is 1.73. The number of amides is 2. The van der Waals surface area contributed by atoms with E-state index in [1.54, 1.807) is 29.2 Å². The van der Waals surface area contributed by atoms with Crippen molar-refractivity contribution in [1.29, 1.82) is 0 Å². The van der Waals surface area contributed by atoms with E-state index in [1.165, 1.54) is 30.2 Å². The van der Waals surface area contributed by atoms with Crippen LogP contribution in [0.4, 0.5) is 13.2 Å². The van der Waals surface area contributed by atoms with Crippen molar-refractivity contribution < 1.29 is 27.5 Å². The third-order valence-corrected chi connectivity index (χ3v) is 4.88. The molecule has 0 bridgehead atoms. The van der Waals surface area contributed by atoms with E-state index in [0.717, 1.165) is 6.07 Å². The molecule has 5 nitrogen and oxygen atoms in total. The molecule has 2 amide bonds. The Labute approximate surface area is 166 Å². The summed E-state index contributed by atoms with van der Waals surface area (Å²) in [6, 6.07) is 11.9. The van der Waals surface area contributed by atoms with Crippen LogP contribution in [0.1, 0.15) is 27.9 Å². The highest BCUT2D eigenvalue weighted by Crippen LogP contribution is 2.32. The molecule has 0 saturated carbocycles. The maximum Gasteiger partial charge on any atom is 0.416 e. The van der Waals surface area contributed by atoms with Crippen LogP contribution in [0.3, 0.4) is 0 Å². The monoisotopic (exact) mass is 406 g/mol. The number of alkyl halides is 3. The topological polar surface area (TPSA) is 49.9 Å². The number of hydrogen-bond acceptors (Lipinski definition) is 3. The fourth-order valence-corrected chi connectivity index (χ4v) is 3.32. The van der Waals surface area contributed by atoms with E-state index >= 15 is 0 Å². The molecule has 1 aliphatic rings. The smallest absolute Gasteiger partial charge is 0.416 e. The van der Waals surface area contributed by atoms with Gasteiger partial charge >= 0.3 is 6.18 Å². The van der Waals surface area contributed by atoms with Crippen LogP contribution in [0.25, 0.3) is 0 Å². The zero-order valence-electron chi connectivity index (χ0n) is 15.9. The minimum absolute atomic E-state index is 0.0425. The van der Waals surface area contributed by atoms with Gasteiger partial charge in [-0.1, -0.05) is 24.3 Å². The summed E-state index contributed by atoms with van der Waals surface area (Å²) in [6.07, 6.45) is -4.43. The number of nitrogens with zero attached hydrogens (tertiary/aromatic N) is 2. The van der Waals surface area contributed by atoms with Crippen molar-refractivity contribution in [3.05, 3.63) is 65.2 Å². The lowest BCUT2D eigenvalue weighted by Gasteiger charge is -2.24. The predicted molar refractivity (Wildman–Crippen MR) is 100 cm³/mol. The van der Waals surface area contributed by atoms with Crippen molar-refractivity contribution in [2.24, 2.45) is 0 Å². The Morgan fingerprint density at radius 3 is 2.55 bits per heavy atom. The van der Waals surface area contributed by atoms with Gasteiger partial charge in [0.2, 0.25) is 5.91 Å². The molecule has 8 heteroatoms. The first-order valence-corrected chi connectivity index (χ1v) is 9.16. The summed E-state index contributed by atoms with van der Waals surface area (Å²) in [7, 11) is 1.50. The van der Waals surface area contributed by atoms with Crippen molar-refractivity contribution in [2.45, 2.75) is 19.1 Å². The number of benzene rings is 2. The first-order chi connectivity index (χ1) is 13.8. The molecule has 0 unspecified atom stereocenters. The second-order valence-electron chi connectivity index (χ2n) is 6.74. The van der Waals surface area contributed by atoms with E-state index < -0.39 is 11.7 Å². The van der Waals surface area contributed by atoms with Crippen molar-refractivity contribution in [3.63, 3.8) is 0 Å². The molecule has 0 aromatic heterocycles. The van der Waals surface area contributed by atoms with Crippen LogP contribution in [0, 0.1) is 0 Å². The first-order valence-electron chi connectivity index (χ1n) is 9.16. The third kappa shape index (κ3) is 4.88. The average molecular weight is 406 g/mol. The van der Waals surface area contributed by atoms with Crippen molar-refractivity contribution >= 4 is 11.8 Å². The second-order valence-corrected chi connectivity index (χ2v) is 6.74. The molecule has 154 valence electrons. The van der Waals surface area contributed by atoms with Crippen LogP contribution in [0.15, 0.2) is 48.5 Å². The van der Waals surface area contributed by atoms with Crippen molar-refractivity contribution in [2.75, 3.05) is 26.7 Å². The second kappa shape index (κ2) is 8.55. The Bertz CT molecular complexity index is 899. The molecule has 2 aromatic carbocycles. The maximum atomic E-state index is 13.2. The lowest BCUT2D eigenvalue weighted by atomic mass is 10.1.